The smallest absolute Gasteiger partial charge is 0.223 e. The Morgan fingerprint density at radius 3 is 2.21 bits per heavy atom. The van der Waals surface area contributed by atoms with Crippen LogP contribution in [0, 0.1) is 11.3 Å². The van der Waals surface area contributed by atoms with Gasteiger partial charge in [-0.3, -0.25) is 10.2 Å². The van der Waals surface area contributed by atoms with Gasteiger partial charge in [0.2, 0.25) is 5.91 Å². The molecule has 190 valence electrons. The molecule has 33 heavy (non-hydrogen) atoms. The summed E-state index contributed by atoms with van der Waals surface area (Å²) < 4.78 is 12.8. The zero-order chi connectivity index (χ0) is 25.0. The summed E-state index contributed by atoms with van der Waals surface area (Å²) in [6, 6.07) is 3.79. The Hall–Kier alpha value is -2.77. The van der Waals surface area contributed by atoms with Crippen LogP contribution in [0.15, 0.2) is 12.1 Å². The second-order valence-corrected chi connectivity index (χ2v) is 7.91. The molecule has 0 fully saturated rings. The van der Waals surface area contributed by atoms with Crippen molar-refractivity contribution in [2.45, 2.75) is 73.3 Å². The number of amides is 1. The van der Waals surface area contributed by atoms with Crippen molar-refractivity contribution in [1.82, 2.24) is 14.9 Å². The summed E-state index contributed by atoms with van der Waals surface area (Å²) in [7, 11) is 3.20. The van der Waals surface area contributed by atoms with Gasteiger partial charge >= 0.3 is 0 Å². The van der Waals surface area contributed by atoms with Gasteiger partial charge in [0.15, 0.2) is 22.8 Å². The van der Waals surface area contributed by atoms with E-state index in [1.54, 1.807) is 14.2 Å². The van der Waals surface area contributed by atoms with E-state index in [1.165, 1.54) is 0 Å². The zero-order valence-electron chi connectivity index (χ0n) is 21.7. The topological polar surface area (TPSA) is 101 Å². The highest BCUT2D eigenvalue weighted by Crippen LogP contribution is 2.32. The first-order chi connectivity index (χ1) is 15.9. The molecule has 2 aromatic rings. The second-order valence-electron chi connectivity index (χ2n) is 7.91. The molecule has 2 rings (SSSR count). The normalized spacial score (nSPS) is 10.7. The molecule has 0 aliphatic rings. The van der Waals surface area contributed by atoms with Crippen molar-refractivity contribution in [2.75, 3.05) is 32.6 Å². The number of ether oxygens (including phenoxy) is 2. The highest BCUT2D eigenvalue weighted by atomic mass is 16.5. The number of hydrogen-bond donors (Lipinski definition) is 3. The SMILES string of the molecule is CC.CCC(CC)C(=O)NCCCCNc1nc2cc(OC)c(OC)cc2n(C(C)C)c1=N.[HH].[HH]. The van der Waals surface area contributed by atoms with Crippen LogP contribution in [0.1, 0.15) is 76.1 Å². The summed E-state index contributed by atoms with van der Waals surface area (Å²) in [5, 5.41) is 15.0. The number of unbranched alkanes of at least 4 members (excludes halogenated alkanes) is 1. The Morgan fingerprint density at radius 1 is 1.09 bits per heavy atom. The third kappa shape index (κ3) is 7.37. The number of rotatable bonds is 12. The van der Waals surface area contributed by atoms with Gasteiger partial charge in [0.1, 0.15) is 0 Å². The van der Waals surface area contributed by atoms with Crippen LogP contribution in [0.2, 0.25) is 0 Å². The summed E-state index contributed by atoms with van der Waals surface area (Å²) in [5.41, 5.74) is 1.89. The molecule has 0 bridgehead atoms. The highest BCUT2D eigenvalue weighted by Gasteiger charge is 2.15. The number of anilines is 1. The maximum atomic E-state index is 12.0. The minimum absolute atomic E-state index is 0. The monoisotopic (exact) mass is 465 g/mol. The molecule has 1 heterocycles. The largest absolute Gasteiger partial charge is 0.493 e. The Morgan fingerprint density at radius 2 is 1.67 bits per heavy atom. The fourth-order valence-electron chi connectivity index (χ4n) is 3.68. The van der Waals surface area contributed by atoms with E-state index in [9.17, 15) is 4.79 Å². The molecule has 0 saturated carbocycles. The van der Waals surface area contributed by atoms with Gasteiger partial charge < -0.3 is 24.7 Å². The van der Waals surface area contributed by atoms with Gasteiger partial charge in [0.05, 0.1) is 25.3 Å². The number of aromatic nitrogens is 2. The number of nitrogens with one attached hydrogen (secondary N) is 3. The van der Waals surface area contributed by atoms with Gasteiger partial charge in [-0.15, -0.1) is 0 Å². The number of benzene rings is 1. The molecular formula is C25H47N5O3. The lowest BCUT2D eigenvalue weighted by molar-refractivity contribution is -0.125. The van der Waals surface area contributed by atoms with E-state index in [0.29, 0.717) is 35.9 Å². The van der Waals surface area contributed by atoms with E-state index in [0.717, 1.165) is 36.7 Å². The summed E-state index contributed by atoms with van der Waals surface area (Å²) in [4.78, 5) is 16.7. The minimum atomic E-state index is 0. The number of methoxy groups -OCH3 is 2. The molecule has 0 radical (unpaired) electrons. The first kappa shape index (κ1) is 28.3. The van der Waals surface area contributed by atoms with Crippen molar-refractivity contribution in [2.24, 2.45) is 5.92 Å². The molecule has 0 spiro atoms. The van der Waals surface area contributed by atoms with E-state index in [1.807, 2.05) is 58.2 Å². The van der Waals surface area contributed by atoms with Crippen molar-refractivity contribution in [3.63, 3.8) is 0 Å². The van der Waals surface area contributed by atoms with Crippen molar-refractivity contribution in [3.8, 4) is 11.5 Å². The molecule has 0 atom stereocenters. The number of carbonyl (C=O) groups is 1. The van der Waals surface area contributed by atoms with Crippen LogP contribution in [-0.4, -0.2) is 42.8 Å². The summed E-state index contributed by atoms with van der Waals surface area (Å²) >= 11 is 0. The second kappa shape index (κ2) is 14.4. The molecule has 3 N–H and O–H groups in total. The lowest BCUT2D eigenvalue weighted by Crippen LogP contribution is -2.31. The average molecular weight is 466 g/mol. The number of nitrogens with zero attached hydrogens (tertiary/aromatic N) is 2. The molecule has 1 aromatic heterocycles. The average Bonchev–Trinajstić information content (AvgIpc) is 2.82. The van der Waals surface area contributed by atoms with Crippen LogP contribution in [0.25, 0.3) is 11.0 Å². The first-order valence-electron chi connectivity index (χ1n) is 12.1. The van der Waals surface area contributed by atoms with E-state index in [4.69, 9.17) is 14.9 Å². The number of carbonyl (C=O) groups excluding carboxylic acids is 1. The van der Waals surface area contributed by atoms with Crippen molar-refractivity contribution in [1.29, 1.82) is 5.41 Å². The number of hydrogen-bond acceptors (Lipinski definition) is 6. The summed E-state index contributed by atoms with van der Waals surface area (Å²) in [5.74, 6) is 2.00. The lowest BCUT2D eigenvalue weighted by Gasteiger charge is -2.19. The Kier molecular flexibility index (Phi) is 12.3. The Balaban J connectivity index is 0. The summed E-state index contributed by atoms with van der Waals surface area (Å²) in [6.07, 6.45) is 3.48. The standard InChI is InChI=1S/C23H37N5O3.C2H6.2H2/c1-7-16(8-2)23(29)26-12-10-9-11-25-22-21(24)28(15(3)4)18-14-20(31-6)19(30-5)13-17(18)27-22;1-2;;/h13-16,24H,7-12H2,1-6H3,(H,25,27)(H,26,29);1-2H3;2*1H. The fraction of sp³-hybridized carbons (Fsp3) is 0.640. The third-order valence-corrected chi connectivity index (χ3v) is 5.51. The lowest BCUT2D eigenvalue weighted by atomic mass is 10.0. The van der Waals surface area contributed by atoms with Gasteiger partial charge in [-0.1, -0.05) is 27.7 Å². The van der Waals surface area contributed by atoms with Gasteiger partial charge in [-0.2, -0.15) is 0 Å². The third-order valence-electron chi connectivity index (χ3n) is 5.51. The van der Waals surface area contributed by atoms with Crippen molar-refractivity contribution >= 4 is 22.8 Å². The van der Waals surface area contributed by atoms with Crippen LogP contribution < -0.4 is 25.6 Å². The zero-order valence-corrected chi connectivity index (χ0v) is 21.7. The molecule has 0 saturated heterocycles. The van der Waals surface area contributed by atoms with E-state index >= 15 is 0 Å². The van der Waals surface area contributed by atoms with Crippen molar-refractivity contribution < 1.29 is 17.1 Å². The predicted octanol–water partition coefficient (Wildman–Crippen LogP) is 5.38. The minimum Gasteiger partial charge on any atom is -0.493 e. The summed E-state index contributed by atoms with van der Waals surface area (Å²) in [6.45, 7) is 13.5. The van der Waals surface area contributed by atoms with E-state index < -0.39 is 0 Å². The van der Waals surface area contributed by atoms with Gasteiger partial charge in [-0.05, 0) is 39.5 Å². The van der Waals surface area contributed by atoms with Crippen LogP contribution >= 0.6 is 0 Å². The Labute approximate surface area is 201 Å². The molecule has 0 unspecified atom stereocenters. The highest BCUT2D eigenvalue weighted by molar-refractivity contribution is 5.81. The molecule has 0 aliphatic heterocycles. The van der Waals surface area contributed by atoms with Crippen LogP contribution in [-0.2, 0) is 4.79 Å². The van der Waals surface area contributed by atoms with Crippen LogP contribution in [0.3, 0.4) is 0 Å². The van der Waals surface area contributed by atoms with Crippen LogP contribution in [0.4, 0.5) is 5.82 Å². The maximum absolute atomic E-state index is 12.0. The van der Waals surface area contributed by atoms with Gasteiger partial charge in [0, 0.05) is 40.0 Å². The quantitative estimate of drug-likeness (QED) is 0.366. The van der Waals surface area contributed by atoms with Gasteiger partial charge in [-0.25, -0.2) is 4.98 Å². The van der Waals surface area contributed by atoms with E-state index in [-0.39, 0.29) is 20.7 Å². The molecule has 8 nitrogen and oxygen atoms in total. The van der Waals surface area contributed by atoms with E-state index in [2.05, 4.69) is 15.6 Å². The number of fused-ring (bicyclic) bond motifs is 1. The molecule has 0 aliphatic carbocycles. The first-order valence-corrected chi connectivity index (χ1v) is 12.1. The Bertz CT molecular complexity index is 947. The van der Waals surface area contributed by atoms with Gasteiger partial charge in [0.25, 0.3) is 0 Å². The predicted molar refractivity (Wildman–Crippen MR) is 139 cm³/mol. The maximum Gasteiger partial charge on any atom is 0.223 e. The fourth-order valence-corrected chi connectivity index (χ4v) is 3.68. The van der Waals surface area contributed by atoms with Crippen molar-refractivity contribution in [3.05, 3.63) is 17.6 Å². The molecule has 1 amide bonds. The molecule has 8 heteroatoms. The molecule has 1 aromatic carbocycles. The van der Waals surface area contributed by atoms with Crippen LogP contribution in [0.5, 0.6) is 11.5 Å². The molecular weight excluding hydrogens is 418 g/mol.